The molecule has 4 nitrogen and oxygen atoms in total. The minimum atomic E-state index is -4.62. The van der Waals surface area contributed by atoms with Gasteiger partial charge >= 0.3 is 12.1 Å². The number of alkyl halides is 3. The average molecular weight is 259 g/mol. The van der Waals surface area contributed by atoms with Crippen molar-refractivity contribution in [1.82, 2.24) is 0 Å². The second kappa shape index (κ2) is 4.91. The van der Waals surface area contributed by atoms with E-state index >= 15 is 0 Å². The molecular weight excluding hydrogens is 251 g/mol. The SMILES string of the molecule is C=CC(=O)Nc1cc(C(F)(F)F)ccc1C(=O)O. The molecule has 0 aliphatic heterocycles. The van der Waals surface area contributed by atoms with Gasteiger partial charge in [0.1, 0.15) is 0 Å². The number of aromatic carboxylic acids is 1. The first-order chi connectivity index (χ1) is 8.25. The number of benzene rings is 1. The van der Waals surface area contributed by atoms with Crippen molar-refractivity contribution in [1.29, 1.82) is 0 Å². The van der Waals surface area contributed by atoms with Crippen LogP contribution in [0.15, 0.2) is 30.9 Å². The molecule has 96 valence electrons. The summed E-state index contributed by atoms with van der Waals surface area (Å²) in [4.78, 5) is 21.8. The number of rotatable bonds is 3. The Morgan fingerprint density at radius 1 is 1.33 bits per heavy atom. The summed E-state index contributed by atoms with van der Waals surface area (Å²) in [7, 11) is 0. The van der Waals surface area contributed by atoms with E-state index in [1.165, 1.54) is 0 Å². The molecule has 2 N–H and O–H groups in total. The van der Waals surface area contributed by atoms with E-state index in [0.29, 0.717) is 12.1 Å². The zero-order valence-electron chi connectivity index (χ0n) is 8.91. The monoisotopic (exact) mass is 259 g/mol. The highest BCUT2D eigenvalue weighted by Gasteiger charge is 2.31. The number of amides is 1. The quantitative estimate of drug-likeness (QED) is 0.819. The predicted molar refractivity (Wildman–Crippen MR) is 57.2 cm³/mol. The Balaban J connectivity index is 3.28. The summed E-state index contributed by atoms with van der Waals surface area (Å²) in [6.07, 6.45) is -3.80. The molecule has 1 aromatic rings. The number of nitrogens with one attached hydrogen (secondary N) is 1. The molecule has 1 rings (SSSR count). The third-order valence-electron chi connectivity index (χ3n) is 2.02. The highest BCUT2D eigenvalue weighted by Crippen LogP contribution is 2.32. The number of anilines is 1. The van der Waals surface area contributed by atoms with Crippen molar-refractivity contribution in [3.05, 3.63) is 42.0 Å². The molecule has 0 saturated heterocycles. The van der Waals surface area contributed by atoms with E-state index in [1.807, 2.05) is 5.32 Å². The van der Waals surface area contributed by atoms with Crippen LogP contribution in [-0.2, 0) is 11.0 Å². The predicted octanol–water partition coefficient (Wildman–Crippen LogP) is 2.53. The van der Waals surface area contributed by atoms with Crippen LogP contribution in [-0.4, -0.2) is 17.0 Å². The molecule has 0 fully saturated rings. The molecule has 18 heavy (non-hydrogen) atoms. The van der Waals surface area contributed by atoms with Crippen molar-refractivity contribution in [3.63, 3.8) is 0 Å². The number of carboxylic acids is 1. The number of carboxylic acid groups (broad SMARTS) is 1. The fraction of sp³-hybridized carbons (Fsp3) is 0.0909. The summed E-state index contributed by atoms with van der Waals surface area (Å²) in [5.41, 5.74) is -1.91. The zero-order valence-corrected chi connectivity index (χ0v) is 8.91. The molecule has 7 heteroatoms. The lowest BCUT2D eigenvalue weighted by molar-refractivity contribution is -0.137. The second-order valence-electron chi connectivity index (χ2n) is 3.26. The number of carbonyl (C=O) groups is 2. The van der Waals surface area contributed by atoms with Crippen molar-refractivity contribution in [2.75, 3.05) is 5.32 Å². The van der Waals surface area contributed by atoms with Gasteiger partial charge in [0.15, 0.2) is 0 Å². The Morgan fingerprint density at radius 3 is 2.39 bits per heavy atom. The molecule has 0 aliphatic carbocycles. The Bertz CT molecular complexity index is 509. The van der Waals surface area contributed by atoms with E-state index in [2.05, 4.69) is 6.58 Å². The van der Waals surface area contributed by atoms with E-state index in [4.69, 9.17) is 5.11 Å². The van der Waals surface area contributed by atoms with E-state index in [1.54, 1.807) is 0 Å². The molecule has 1 aromatic carbocycles. The van der Waals surface area contributed by atoms with E-state index < -0.39 is 34.9 Å². The summed E-state index contributed by atoms with van der Waals surface area (Å²) in [6, 6.07) is 1.97. The van der Waals surface area contributed by atoms with Crippen molar-refractivity contribution < 1.29 is 27.9 Å². The molecule has 0 aromatic heterocycles. The molecule has 0 heterocycles. The third kappa shape index (κ3) is 3.09. The van der Waals surface area contributed by atoms with Crippen molar-refractivity contribution in [2.24, 2.45) is 0 Å². The summed E-state index contributed by atoms with van der Waals surface area (Å²) in [5, 5.41) is 10.8. The lowest BCUT2D eigenvalue weighted by atomic mass is 10.1. The summed E-state index contributed by atoms with van der Waals surface area (Å²) >= 11 is 0. The Hall–Kier alpha value is -2.31. The van der Waals surface area contributed by atoms with Crippen LogP contribution < -0.4 is 5.32 Å². The molecule has 0 bridgehead atoms. The molecule has 0 unspecified atom stereocenters. The number of halogens is 3. The standard InChI is InChI=1S/C11H8F3NO3/c1-2-9(16)15-8-5-6(11(12,13)14)3-4-7(8)10(17)18/h2-5H,1H2,(H,15,16)(H,17,18). The van der Waals surface area contributed by atoms with Gasteiger partial charge in [-0.25, -0.2) is 4.79 Å². The highest BCUT2D eigenvalue weighted by atomic mass is 19.4. The fourth-order valence-electron chi connectivity index (χ4n) is 1.19. The first-order valence-electron chi connectivity index (χ1n) is 4.63. The molecule has 0 radical (unpaired) electrons. The molecule has 0 saturated carbocycles. The maximum absolute atomic E-state index is 12.4. The van der Waals surface area contributed by atoms with Gasteiger partial charge in [-0.3, -0.25) is 4.79 Å². The second-order valence-corrected chi connectivity index (χ2v) is 3.26. The van der Waals surface area contributed by atoms with Crippen LogP contribution >= 0.6 is 0 Å². The van der Waals surface area contributed by atoms with Gasteiger partial charge in [-0.2, -0.15) is 13.2 Å². The van der Waals surface area contributed by atoms with Gasteiger partial charge in [0.2, 0.25) is 5.91 Å². The Morgan fingerprint density at radius 2 is 1.94 bits per heavy atom. The van der Waals surface area contributed by atoms with Gasteiger partial charge in [0.25, 0.3) is 0 Å². The van der Waals surface area contributed by atoms with Crippen LogP contribution in [0.25, 0.3) is 0 Å². The molecular formula is C11H8F3NO3. The maximum atomic E-state index is 12.4. The van der Waals surface area contributed by atoms with Gasteiger partial charge in [-0.15, -0.1) is 0 Å². The first-order valence-corrected chi connectivity index (χ1v) is 4.63. The smallest absolute Gasteiger partial charge is 0.416 e. The number of hydrogen-bond donors (Lipinski definition) is 2. The summed E-state index contributed by atoms with van der Waals surface area (Å²) < 4.78 is 37.3. The largest absolute Gasteiger partial charge is 0.478 e. The minimum absolute atomic E-state index is 0.428. The lowest BCUT2D eigenvalue weighted by Crippen LogP contribution is -2.14. The summed E-state index contributed by atoms with van der Waals surface area (Å²) in [5.74, 6) is -2.24. The lowest BCUT2D eigenvalue weighted by Gasteiger charge is -2.11. The van der Waals surface area contributed by atoms with Crippen LogP contribution in [0.1, 0.15) is 15.9 Å². The van der Waals surface area contributed by atoms with Crippen molar-refractivity contribution in [3.8, 4) is 0 Å². The van der Waals surface area contributed by atoms with E-state index in [-0.39, 0.29) is 0 Å². The minimum Gasteiger partial charge on any atom is -0.478 e. The van der Waals surface area contributed by atoms with Gasteiger partial charge in [-0.05, 0) is 24.3 Å². The van der Waals surface area contributed by atoms with Crippen LogP contribution in [0.5, 0.6) is 0 Å². The fourth-order valence-corrected chi connectivity index (χ4v) is 1.19. The average Bonchev–Trinajstić information content (AvgIpc) is 2.27. The Labute approximate surface area is 99.7 Å². The van der Waals surface area contributed by atoms with Crippen molar-refractivity contribution >= 4 is 17.6 Å². The number of carbonyl (C=O) groups excluding carboxylic acids is 1. The summed E-state index contributed by atoms with van der Waals surface area (Å²) in [6.45, 7) is 3.12. The number of hydrogen-bond acceptors (Lipinski definition) is 2. The highest BCUT2D eigenvalue weighted by molar-refractivity contribution is 6.04. The zero-order chi connectivity index (χ0) is 13.9. The van der Waals surface area contributed by atoms with Gasteiger partial charge in [-0.1, -0.05) is 6.58 Å². The van der Waals surface area contributed by atoms with Crippen molar-refractivity contribution in [2.45, 2.75) is 6.18 Å². The van der Waals surface area contributed by atoms with Crippen LogP contribution in [0.2, 0.25) is 0 Å². The van der Waals surface area contributed by atoms with Crippen LogP contribution in [0, 0.1) is 0 Å². The topological polar surface area (TPSA) is 66.4 Å². The van der Waals surface area contributed by atoms with Gasteiger partial charge in [0.05, 0.1) is 16.8 Å². The molecule has 1 amide bonds. The third-order valence-corrected chi connectivity index (χ3v) is 2.02. The van der Waals surface area contributed by atoms with Gasteiger partial charge < -0.3 is 10.4 Å². The van der Waals surface area contributed by atoms with Crippen LogP contribution in [0.3, 0.4) is 0 Å². The van der Waals surface area contributed by atoms with E-state index in [0.717, 1.165) is 12.1 Å². The van der Waals surface area contributed by atoms with Crippen LogP contribution in [0.4, 0.5) is 18.9 Å². The maximum Gasteiger partial charge on any atom is 0.416 e. The Kier molecular flexibility index (Phi) is 3.75. The molecule has 0 atom stereocenters. The normalized spacial score (nSPS) is 10.8. The molecule has 0 aliphatic rings. The van der Waals surface area contributed by atoms with E-state index in [9.17, 15) is 22.8 Å². The first kappa shape index (κ1) is 13.8. The van der Waals surface area contributed by atoms with Gasteiger partial charge in [0, 0.05) is 0 Å². The molecule has 0 spiro atoms.